The summed E-state index contributed by atoms with van der Waals surface area (Å²) in [6.45, 7) is 0. The van der Waals surface area contributed by atoms with E-state index in [2.05, 4.69) is 85.5 Å². The van der Waals surface area contributed by atoms with Gasteiger partial charge in [0, 0.05) is 5.75 Å². The Morgan fingerprint density at radius 1 is 0.609 bits per heavy atom. The summed E-state index contributed by atoms with van der Waals surface area (Å²) in [7, 11) is -0.613. The fourth-order valence-electron chi connectivity index (χ4n) is 3.50. The molecule has 0 radical (unpaired) electrons. The van der Waals surface area contributed by atoms with E-state index in [1.165, 1.54) is 43.6 Å². The van der Waals surface area contributed by atoms with E-state index in [0.29, 0.717) is 0 Å². The van der Waals surface area contributed by atoms with Crippen molar-refractivity contribution in [1.29, 1.82) is 0 Å². The molecular formula is C22H22S. The maximum absolute atomic E-state index is 2.40. The van der Waals surface area contributed by atoms with Crippen LogP contribution in [0.15, 0.2) is 66.7 Å². The van der Waals surface area contributed by atoms with Crippen molar-refractivity contribution in [2.24, 2.45) is 0 Å². The van der Waals surface area contributed by atoms with Gasteiger partial charge in [-0.25, -0.2) is 10.0 Å². The smallest absolute Gasteiger partial charge is 0.00301 e. The molecule has 0 saturated heterocycles. The highest BCUT2D eigenvalue weighted by molar-refractivity contribution is 8.31. The van der Waals surface area contributed by atoms with Gasteiger partial charge in [0.1, 0.15) is 0 Å². The Morgan fingerprint density at radius 2 is 1.26 bits per heavy atom. The first-order chi connectivity index (χ1) is 11.0. The second-order valence-electron chi connectivity index (χ2n) is 7.19. The van der Waals surface area contributed by atoms with Crippen LogP contribution in [0, 0.1) is 0 Å². The monoisotopic (exact) mass is 318 g/mol. The van der Waals surface area contributed by atoms with Crippen LogP contribution in [0.5, 0.6) is 0 Å². The molecule has 0 nitrogen and oxygen atoms in total. The molecule has 4 rings (SSSR count). The van der Waals surface area contributed by atoms with E-state index in [9.17, 15) is 0 Å². The highest BCUT2D eigenvalue weighted by Gasteiger charge is 2.14. The topological polar surface area (TPSA) is 0 Å². The Labute approximate surface area is 139 Å². The number of hydrogen-bond acceptors (Lipinski definition) is 0. The number of fused-ring (bicyclic) bond motifs is 4. The van der Waals surface area contributed by atoms with Crippen molar-refractivity contribution in [3.05, 3.63) is 72.3 Å². The van der Waals surface area contributed by atoms with Crippen LogP contribution in [-0.2, 0) is 5.75 Å². The highest BCUT2D eigenvalue weighted by Crippen LogP contribution is 2.44. The van der Waals surface area contributed by atoms with Gasteiger partial charge < -0.3 is 0 Å². The highest BCUT2D eigenvalue weighted by atomic mass is 32.3. The van der Waals surface area contributed by atoms with Gasteiger partial charge in [0.25, 0.3) is 0 Å². The second-order valence-corrected chi connectivity index (χ2v) is 11.7. The zero-order valence-corrected chi connectivity index (χ0v) is 14.8. The minimum atomic E-state index is -0.613. The molecule has 23 heavy (non-hydrogen) atoms. The molecular weight excluding hydrogens is 296 g/mol. The summed E-state index contributed by atoms with van der Waals surface area (Å²) in [6.07, 6.45) is 7.21. The molecule has 4 aromatic carbocycles. The van der Waals surface area contributed by atoms with E-state index >= 15 is 0 Å². The molecule has 0 saturated carbocycles. The van der Waals surface area contributed by atoms with Crippen molar-refractivity contribution in [2.45, 2.75) is 5.75 Å². The van der Waals surface area contributed by atoms with Gasteiger partial charge in [0.05, 0.1) is 0 Å². The minimum Gasteiger partial charge on any atom is -0.246 e. The first-order valence-corrected chi connectivity index (χ1v) is 11.0. The maximum Gasteiger partial charge on any atom is 0.00301 e. The fraction of sp³-hybridized carbons (Fsp3) is 0.182. The maximum atomic E-state index is 2.40. The summed E-state index contributed by atoms with van der Waals surface area (Å²) in [4.78, 5) is 0. The molecule has 116 valence electrons. The average molecular weight is 318 g/mol. The summed E-state index contributed by atoms with van der Waals surface area (Å²) in [5.41, 5.74) is 1.52. The zero-order chi connectivity index (χ0) is 16.0. The molecule has 0 amide bonds. The van der Waals surface area contributed by atoms with Crippen molar-refractivity contribution >= 4 is 42.3 Å². The molecule has 1 heteroatoms. The molecule has 4 aromatic rings. The van der Waals surface area contributed by atoms with E-state index in [4.69, 9.17) is 0 Å². The Kier molecular flexibility index (Phi) is 3.35. The third-order valence-corrected chi connectivity index (χ3v) is 5.61. The van der Waals surface area contributed by atoms with Gasteiger partial charge >= 0.3 is 0 Å². The predicted octanol–water partition coefficient (Wildman–Crippen LogP) is 6.34. The molecule has 0 spiro atoms. The van der Waals surface area contributed by atoms with Gasteiger partial charge in [-0.3, -0.25) is 0 Å². The zero-order valence-electron chi connectivity index (χ0n) is 14.0. The lowest BCUT2D eigenvalue weighted by Gasteiger charge is -2.27. The van der Waals surface area contributed by atoms with Crippen LogP contribution in [-0.4, -0.2) is 18.8 Å². The molecule has 0 aromatic heterocycles. The summed E-state index contributed by atoms with van der Waals surface area (Å²) in [6, 6.07) is 24.5. The lowest BCUT2D eigenvalue weighted by molar-refractivity contribution is 1.48. The molecule has 0 N–H and O–H groups in total. The van der Waals surface area contributed by atoms with E-state index < -0.39 is 10.0 Å². The van der Waals surface area contributed by atoms with Crippen molar-refractivity contribution in [3.63, 3.8) is 0 Å². The van der Waals surface area contributed by atoms with Gasteiger partial charge in [0.15, 0.2) is 0 Å². The third kappa shape index (κ3) is 2.60. The lowest BCUT2D eigenvalue weighted by atomic mass is 9.94. The van der Waals surface area contributed by atoms with Gasteiger partial charge in [0.2, 0.25) is 0 Å². The van der Waals surface area contributed by atoms with Crippen molar-refractivity contribution in [3.8, 4) is 0 Å². The van der Waals surface area contributed by atoms with E-state index in [1.807, 2.05) is 0 Å². The van der Waals surface area contributed by atoms with Crippen LogP contribution in [0.25, 0.3) is 32.3 Å². The summed E-state index contributed by atoms with van der Waals surface area (Å²) in [5.74, 6) is 1.17. The minimum absolute atomic E-state index is 0.613. The largest absolute Gasteiger partial charge is 0.246 e. The number of benzene rings is 4. The predicted molar refractivity (Wildman–Crippen MR) is 108 cm³/mol. The van der Waals surface area contributed by atoms with Crippen LogP contribution in [0.2, 0.25) is 0 Å². The molecule has 0 unspecified atom stereocenters. The van der Waals surface area contributed by atoms with Gasteiger partial charge in [-0.15, -0.1) is 0 Å². The van der Waals surface area contributed by atoms with Crippen molar-refractivity contribution < 1.29 is 0 Å². The van der Waals surface area contributed by atoms with Gasteiger partial charge in [-0.05, 0) is 62.7 Å². The van der Waals surface area contributed by atoms with Gasteiger partial charge in [-0.1, -0.05) is 60.7 Å². The van der Waals surface area contributed by atoms with Crippen molar-refractivity contribution in [1.82, 2.24) is 0 Å². The van der Waals surface area contributed by atoms with Crippen LogP contribution < -0.4 is 0 Å². The molecule has 0 aliphatic rings. The lowest BCUT2D eigenvalue weighted by Crippen LogP contribution is -1.99. The van der Waals surface area contributed by atoms with E-state index in [1.54, 1.807) is 0 Å². The second kappa shape index (κ2) is 5.28. The van der Waals surface area contributed by atoms with Crippen molar-refractivity contribution in [2.75, 3.05) is 18.8 Å². The van der Waals surface area contributed by atoms with Crippen LogP contribution in [0.1, 0.15) is 5.56 Å². The summed E-state index contributed by atoms with van der Waals surface area (Å²) in [5, 5.41) is 8.27. The molecule has 0 aliphatic heterocycles. The normalized spacial score (nSPS) is 13.0. The third-order valence-electron chi connectivity index (χ3n) is 4.46. The average Bonchev–Trinajstić information content (AvgIpc) is 2.53. The van der Waals surface area contributed by atoms with E-state index in [0.717, 1.165) is 0 Å². The summed E-state index contributed by atoms with van der Waals surface area (Å²) >= 11 is 0. The molecule has 0 aliphatic carbocycles. The number of hydrogen-bond donors (Lipinski definition) is 0. The summed E-state index contributed by atoms with van der Waals surface area (Å²) < 4.78 is 0. The van der Waals surface area contributed by atoms with Crippen LogP contribution >= 0.6 is 10.0 Å². The van der Waals surface area contributed by atoms with E-state index in [-0.39, 0.29) is 0 Å². The molecule has 0 fully saturated rings. The first kappa shape index (κ1) is 14.6. The molecule has 0 heterocycles. The first-order valence-electron chi connectivity index (χ1n) is 8.01. The fourth-order valence-corrected chi connectivity index (χ4v) is 4.68. The molecule has 0 atom stereocenters. The quantitative estimate of drug-likeness (QED) is 0.299. The molecule has 0 bridgehead atoms. The number of rotatable bonds is 2. The Hall–Kier alpha value is -1.99. The Bertz CT molecular complexity index is 1020. The standard InChI is InChI=1S/C22H22S/c1-23(2,3)15-22-19-11-7-5-9-17(19)14-21-18-10-6-4-8-16(18)12-13-20(21)22/h4-14H,15H2,1-3H3. The van der Waals surface area contributed by atoms with Crippen LogP contribution in [0.4, 0.5) is 0 Å². The Morgan fingerprint density at radius 3 is 2.00 bits per heavy atom. The van der Waals surface area contributed by atoms with Gasteiger partial charge in [-0.2, -0.15) is 0 Å². The Balaban J connectivity index is 2.19. The van der Waals surface area contributed by atoms with Crippen LogP contribution in [0.3, 0.4) is 0 Å². The SMILES string of the molecule is CS(C)(C)Cc1c2ccccc2cc2c1ccc1ccccc12.